The number of hydrogen-bond donors (Lipinski definition) is 0. The lowest BCUT2D eigenvalue weighted by Crippen LogP contribution is -2.30. The number of hydrogen-bond acceptors (Lipinski definition) is 0. The average Bonchev–Trinajstić information content (AvgIpc) is 2.94. The van der Waals surface area contributed by atoms with Crippen LogP contribution in [0.4, 0.5) is 5.69 Å². The van der Waals surface area contributed by atoms with Crippen molar-refractivity contribution in [3.63, 3.8) is 0 Å². The molecule has 1 aliphatic heterocycles. The Kier molecular flexibility index (Phi) is 5.89. The van der Waals surface area contributed by atoms with E-state index in [1.807, 2.05) is 0 Å². The summed E-state index contributed by atoms with van der Waals surface area (Å²) >= 11 is 0. The first-order chi connectivity index (χ1) is 12.9. The Hall–Kier alpha value is -1.89. The molecule has 2 aromatic rings. The molecule has 0 spiro atoms. The summed E-state index contributed by atoms with van der Waals surface area (Å²) in [5.74, 6) is 1.20. The fourth-order valence-corrected chi connectivity index (χ4v) is 4.57. The molecule has 1 unspecified atom stereocenters. The molecular formula is C26H36N+. The standard InChI is InChI=1S/C26H36N/c1-7-22-10-9-11-23(8-2)25(22)27-18-21(17-26(27,5)6)16-20-12-14-24(15-13-20)19(3)4/h9-15,18-19,21H,7-8,16-17H2,1-6H3/q+1. The Morgan fingerprint density at radius 1 is 0.963 bits per heavy atom. The van der Waals surface area contributed by atoms with Gasteiger partial charge >= 0.3 is 0 Å². The van der Waals surface area contributed by atoms with Crippen LogP contribution < -0.4 is 0 Å². The summed E-state index contributed by atoms with van der Waals surface area (Å²) < 4.78 is 2.60. The van der Waals surface area contributed by atoms with Gasteiger partial charge in [0.1, 0.15) is 6.21 Å². The van der Waals surface area contributed by atoms with E-state index in [2.05, 4.69) is 94.8 Å². The maximum Gasteiger partial charge on any atom is 0.211 e. The van der Waals surface area contributed by atoms with Crippen molar-refractivity contribution in [3.8, 4) is 0 Å². The third kappa shape index (κ3) is 4.18. The number of benzene rings is 2. The van der Waals surface area contributed by atoms with Crippen LogP contribution in [0.2, 0.25) is 0 Å². The number of rotatable bonds is 6. The monoisotopic (exact) mass is 362 g/mol. The molecule has 0 radical (unpaired) electrons. The molecule has 0 aliphatic carbocycles. The van der Waals surface area contributed by atoms with E-state index in [0.717, 1.165) is 19.3 Å². The lowest BCUT2D eigenvalue weighted by Gasteiger charge is -2.20. The molecule has 0 aromatic heterocycles. The van der Waals surface area contributed by atoms with Gasteiger partial charge in [-0.05, 0) is 36.3 Å². The van der Waals surface area contributed by atoms with Crippen molar-refractivity contribution in [2.75, 3.05) is 0 Å². The summed E-state index contributed by atoms with van der Waals surface area (Å²) in [4.78, 5) is 0. The second kappa shape index (κ2) is 8.00. The second-order valence-electron chi connectivity index (χ2n) is 9.03. The van der Waals surface area contributed by atoms with Crippen LogP contribution in [0.1, 0.15) is 76.1 Å². The molecule has 1 aliphatic rings. The van der Waals surface area contributed by atoms with Crippen molar-refractivity contribution in [3.05, 3.63) is 64.7 Å². The zero-order valence-corrected chi connectivity index (χ0v) is 18.0. The zero-order chi connectivity index (χ0) is 19.6. The quantitative estimate of drug-likeness (QED) is 0.504. The molecule has 0 saturated carbocycles. The third-order valence-electron chi connectivity index (χ3n) is 6.12. The second-order valence-corrected chi connectivity index (χ2v) is 9.03. The van der Waals surface area contributed by atoms with Gasteiger partial charge in [-0.2, -0.15) is 4.58 Å². The third-order valence-corrected chi connectivity index (χ3v) is 6.12. The highest BCUT2D eigenvalue weighted by Gasteiger charge is 2.43. The van der Waals surface area contributed by atoms with E-state index in [0.29, 0.717) is 11.8 Å². The van der Waals surface area contributed by atoms with Gasteiger partial charge in [0.15, 0.2) is 5.54 Å². The van der Waals surface area contributed by atoms with Crippen molar-refractivity contribution in [1.29, 1.82) is 0 Å². The van der Waals surface area contributed by atoms with E-state index in [9.17, 15) is 0 Å². The highest BCUT2D eigenvalue weighted by molar-refractivity contribution is 5.63. The zero-order valence-electron chi connectivity index (χ0n) is 18.0. The molecule has 1 heteroatoms. The molecule has 1 nitrogen and oxygen atoms in total. The van der Waals surface area contributed by atoms with Crippen molar-refractivity contribution in [1.82, 2.24) is 0 Å². The predicted octanol–water partition coefficient (Wildman–Crippen LogP) is 6.69. The van der Waals surface area contributed by atoms with Gasteiger partial charge in [-0.25, -0.2) is 0 Å². The highest BCUT2D eigenvalue weighted by Crippen LogP contribution is 2.37. The van der Waals surface area contributed by atoms with E-state index in [4.69, 9.17) is 0 Å². The molecule has 0 amide bonds. The maximum atomic E-state index is 2.60. The van der Waals surface area contributed by atoms with Crippen LogP contribution in [0.15, 0.2) is 42.5 Å². The normalized spacial score (nSPS) is 18.8. The Morgan fingerprint density at radius 2 is 1.56 bits per heavy atom. The molecular weight excluding hydrogens is 326 g/mol. The highest BCUT2D eigenvalue weighted by atomic mass is 15.1. The van der Waals surface area contributed by atoms with Crippen LogP contribution in [0.25, 0.3) is 0 Å². The summed E-state index contributed by atoms with van der Waals surface area (Å²) in [5, 5.41) is 0. The maximum absolute atomic E-state index is 2.60. The minimum absolute atomic E-state index is 0.164. The Morgan fingerprint density at radius 3 is 2.07 bits per heavy atom. The van der Waals surface area contributed by atoms with Gasteiger partial charge in [-0.15, -0.1) is 0 Å². The molecule has 0 N–H and O–H groups in total. The van der Waals surface area contributed by atoms with Gasteiger partial charge in [-0.1, -0.05) is 70.2 Å². The molecule has 0 saturated heterocycles. The summed E-state index contributed by atoms with van der Waals surface area (Å²) in [6.45, 7) is 13.9. The van der Waals surface area contributed by atoms with E-state index >= 15 is 0 Å². The first kappa shape index (κ1) is 19.9. The van der Waals surface area contributed by atoms with Gasteiger partial charge in [0.2, 0.25) is 5.69 Å². The van der Waals surface area contributed by atoms with E-state index in [1.54, 1.807) is 0 Å². The Labute approximate surface area is 166 Å². The van der Waals surface area contributed by atoms with E-state index in [-0.39, 0.29) is 5.54 Å². The summed E-state index contributed by atoms with van der Waals surface area (Å²) in [7, 11) is 0. The SMILES string of the molecule is CCc1cccc(CC)c1[N+]1=CC(Cc2ccc(C(C)C)cc2)CC1(C)C. The van der Waals surface area contributed by atoms with E-state index in [1.165, 1.54) is 34.4 Å². The first-order valence-electron chi connectivity index (χ1n) is 10.7. The van der Waals surface area contributed by atoms with E-state index < -0.39 is 0 Å². The minimum atomic E-state index is 0.164. The van der Waals surface area contributed by atoms with Gasteiger partial charge in [-0.3, -0.25) is 0 Å². The predicted molar refractivity (Wildman–Crippen MR) is 118 cm³/mol. The Bertz CT molecular complexity index is 786. The van der Waals surface area contributed by atoms with Gasteiger partial charge in [0, 0.05) is 37.3 Å². The largest absolute Gasteiger partial charge is 0.211 e. The van der Waals surface area contributed by atoms with Crippen LogP contribution in [-0.4, -0.2) is 16.3 Å². The number of para-hydroxylation sites is 1. The number of nitrogens with zero attached hydrogens (tertiary/aromatic N) is 1. The van der Waals surface area contributed by atoms with Crippen LogP contribution in [0, 0.1) is 5.92 Å². The minimum Gasteiger partial charge on any atom is -0.197 e. The molecule has 0 bridgehead atoms. The average molecular weight is 363 g/mol. The first-order valence-corrected chi connectivity index (χ1v) is 10.7. The molecule has 2 aromatic carbocycles. The lowest BCUT2D eigenvalue weighted by atomic mass is 9.89. The van der Waals surface area contributed by atoms with Gasteiger partial charge in [0.05, 0.1) is 0 Å². The van der Waals surface area contributed by atoms with Crippen LogP contribution in [-0.2, 0) is 19.3 Å². The van der Waals surface area contributed by atoms with Crippen LogP contribution >= 0.6 is 0 Å². The summed E-state index contributed by atoms with van der Waals surface area (Å²) in [6, 6.07) is 16.1. The Balaban J connectivity index is 1.91. The number of aryl methyl sites for hydroxylation is 2. The van der Waals surface area contributed by atoms with Crippen molar-refractivity contribution >= 4 is 11.9 Å². The summed E-state index contributed by atoms with van der Waals surface area (Å²) in [6.07, 6.45) is 7.04. The van der Waals surface area contributed by atoms with Crippen LogP contribution in [0.3, 0.4) is 0 Å². The lowest BCUT2D eigenvalue weighted by molar-refractivity contribution is -0.512. The van der Waals surface area contributed by atoms with Crippen molar-refractivity contribution in [2.45, 2.75) is 78.7 Å². The smallest absolute Gasteiger partial charge is 0.197 e. The molecule has 27 heavy (non-hydrogen) atoms. The fraction of sp³-hybridized carbons (Fsp3) is 0.500. The molecule has 3 rings (SSSR count). The summed E-state index contributed by atoms with van der Waals surface area (Å²) in [5.41, 5.74) is 7.46. The molecule has 1 heterocycles. The van der Waals surface area contributed by atoms with Crippen molar-refractivity contribution < 1.29 is 4.58 Å². The van der Waals surface area contributed by atoms with Crippen LogP contribution in [0.5, 0.6) is 0 Å². The topological polar surface area (TPSA) is 3.01 Å². The molecule has 1 atom stereocenters. The van der Waals surface area contributed by atoms with Crippen molar-refractivity contribution in [2.24, 2.45) is 5.92 Å². The fourth-order valence-electron chi connectivity index (χ4n) is 4.57. The van der Waals surface area contributed by atoms with Gasteiger partial charge in [0.25, 0.3) is 0 Å². The molecule has 0 fully saturated rings. The van der Waals surface area contributed by atoms with Gasteiger partial charge < -0.3 is 0 Å². The molecule has 144 valence electrons.